The van der Waals surface area contributed by atoms with Crippen molar-refractivity contribution < 1.29 is 13.9 Å². The third kappa shape index (κ3) is 5.11. The minimum Gasteiger partial charge on any atom is -0.423 e. The van der Waals surface area contributed by atoms with Crippen LogP contribution in [0.4, 0.5) is 4.39 Å². The molecule has 29 heavy (non-hydrogen) atoms. The molecule has 2 aromatic carbocycles. The van der Waals surface area contributed by atoms with E-state index in [0.29, 0.717) is 11.4 Å². The molecule has 0 N–H and O–H groups in total. The van der Waals surface area contributed by atoms with Crippen molar-refractivity contribution in [2.75, 3.05) is 0 Å². The zero-order chi connectivity index (χ0) is 20.6. The smallest absolute Gasteiger partial charge is 0.343 e. The molecule has 1 aromatic heterocycles. The summed E-state index contributed by atoms with van der Waals surface area (Å²) in [5.74, 6) is -0.784. The fourth-order valence-electron chi connectivity index (χ4n) is 2.53. The van der Waals surface area contributed by atoms with Crippen LogP contribution in [0.15, 0.2) is 60.9 Å². The highest BCUT2D eigenvalue weighted by Crippen LogP contribution is 2.19. The van der Waals surface area contributed by atoms with E-state index < -0.39 is 11.8 Å². The fraction of sp³-hybridized carbons (Fsp3) is 0.130. The van der Waals surface area contributed by atoms with Gasteiger partial charge in [0.25, 0.3) is 0 Å². The van der Waals surface area contributed by atoms with Gasteiger partial charge in [0.05, 0.1) is 11.1 Å². The van der Waals surface area contributed by atoms with Crippen LogP contribution in [-0.2, 0) is 0 Å². The zero-order valence-corrected chi connectivity index (χ0v) is 15.8. The maximum Gasteiger partial charge on any atom is 0.343 e. The van der Waals surface area contributed by atoms with E-state index in [-0.39, 0.29) is 11.3 Å². The molecular weight excluding hydrogens is 369 g/mol. The van der Waals surface area contributed by atoms with Crippen LogP contribution in [-0.4, -0.2) is 15.9 Å². The monoisotopic (exact) mass is 387 g/mol. The van der Waals surface area contributed by atoms with E-state index in [9.17, 15) is 9.18 Å². The van der Waals surface area contributed by atoms with E-state index >= 15 is 0 Å². The van der Waals surface area contributed by atoms with Gasteiger partial charge < -0.3 is 4.74 Å². The summed E-state index contributed by atoms with van der Waals surface area (Å²) in [7, 11) is 0. The highest BCUT2D eigenvalue weighted by molar-refractivity contribution is 5.91. The van der Waals surface area contributed by atoms with Crippen molar-refractivity contribution >= 4 is 12.0 Å². The molecule has 3 rings (SSSR count). The van der Waals surface area contributed by atoms with Crippen molar-refractivity contribution in [2.24, 2.45) is 0 Å². The number of allylic oxidation sites excluding steroid dienone is 1. The van der Waals surface area contributed by atoms with Crippen molar-refractivity contribution in [1.29, 1.82) is 5.26 Å². The Hall–Kier alpha value is -3.85. The molecule has 0 aliphatic heterocycles. The van der Waals surface area contributed by atoms with E-state index in [2.05, 4.69) is 23.0 Å². The Labute approximate surface area is 168 Å². The summed E-state index contributed by atoms with van der Waals surface area (Å²) in [4.78, 5) is 20.9. The first-order valence-corrected chi connectivity index (χ1v) is 9.11. The number of nitriles is 1. The summed E-state index contributed by atoms with van der Waals surface area (Å²) in [6.45, 7) is 2.12. The van der Waals surface area contributed by atoms with Crippen LogP contribution in [0.3, 0.4) is 0 Å². The fourth-order valence-corrected chi connectivity index (χ4v) is 2.53. The number of ether oxygens (including phenoxy) is 1. The molecule has 0 saturated carbocycles. The number of carbonyl (C=O) groups is 1. The molecule has 0 amide bonds. The predicted molar refractivity (Wildman–Crippen MR) is 107 cm³/mol. The Bertz CT molecular complexity index is 1070. The summed E-state index contributed by atoms with van der Waals surface area (Å²) in [6.07, 6.45) is 9.65. The Morgan fingerprint density at radius 2 is 1.90 bits per heavy atom. The van der Waals surface area contributed by atoms with Gasteiger partial charge in [-0.15, -0.1) is 0 Å². The van der Waals surface area contributed by atoms with Gasteiger partial charge >= 0.3 is 5.97 Å². The molecular formula is C23H18FN3O2. The standard InChI is InChI=1S/C23H18FN3O2/c1-2-3-4-5-16-14-26-22(27-15-16)17-6-8-18(9-7-17)23(28)29-20-11-10-19(13-25)21(24)12-20/h4-12,14-15H,2-3H2,1H3. The van der Waals surface area contributed by atoms with Gasteiger partial charge in [0.1, 0.15) is 17.6 Å². The Kier molecular flexibility index (Phi) is 6.43. The highest BCUT2D eigenvalue weighted by Gasteiger charge is 2.11. The average molecular weight is 387 g/mol. The number of nitrogens with zero attached hydrogens (tertiary/aromatic N) is 3. The molecule has 3 aromatic rings. The number of unbranched alkanes of at least 4 members (excludes halogenated alkanes) is 1. The topological polar surface area (TPSA) is 75.9 Å². The first kappa shape index (κ1) is 19.9. The number of hydrogen-bond donors (Lipinski definition) is 0. The number of aromatic nitrogens is 2. The molecule has 144 valence electrons. The Morgan fingerprint density at radius 3 is 2.52 bits per heavy atom. The zero-order valence-electron chi connectivity index (χ0n) is 15.8. The number of halogens is 1. The van der Waals surface area contributed by atoms with Crippen LogP contribution in [0.1, 0.15) is 41.3 Å². The lowest BCUT2D eigenvalue weighted by Gasteiger charge is -2.06. The molecule has 0 saturated heterocycles. The summed E-state index contributed by atoms with van der Waals surface area (Å²) in [5, 5.41) is 8.74. The van der Waals surface area contributed by atoms with Gasteiger partial charge in [0, 0.05) is 29.6 Å². The van der Waals surface area contributed by atoms with Crippen LogP contribution in [0.2, 0.25) is 0 Å². The maximum absolute atomic E-state index is 13.6. The van der Waals surface area contributed by atoms with Crippen molar-refractivity contribution in [3.05, 3.63) is 83.4 Å². The molecule has 0 aliphatic rings. The molecule has 5 nitrogen and oxygen atoms in total. The van der Waals surface area contributed by atoms with Crippen molar-refractivity contribution in [3.63, 3.8) is 0 Å². The minimum atomic E-state index is -0.738. The Morgan fingerprint density at radius 1 is 1.17 bits per heavy atom. The van der Waals surface area contributed by atoms with E-state index in [1.165, 1.54) is 12.1 Å². The highest BCUT2D eigenvalue weighted by atomic mass is 19.1. The lowest BCUT2D eigenvalue weighted by Crippen LogP contribution is -2.08. The quantitative estimate of drug-likeness (QED) is 0.430. The molecule has 0 fully saturated rings. The third-order valence-corrected chi connectivity index (χ3v) is 4.09. The van der Waals surface area contributed by atoms with Crippen molar-refractivity contribution in [2.45, 2.75) is 19.8 Å². The average Bonchev–Trinajstić information content (AvgIpc) is 2.75. The van der Waals surface area contributed by atoms with E-state index in [1.54, 1.807) is 42.7 Å². The molecule has 0 aliphatic carbocycles. The predicted octanol–water partition coefficient (Wildman–Crippen LogP) is 5.19. The second-order valence-electron chi connectivity index (χ2n) is 6.25. The summed E-state index contributed by atoms with van der Waals surface area (Å²) >= 11 is 0. The third-order valence-electron chi connectivity index (χ3n) is 4.09. The lowest BCUT2D eigenvalue weighted by molar-refractivity contribution is 0.0734. The van der Waals surface area contributed by atoms with Crippen LogP contribution in [0, 0.1) is 17.1 Å². The molecule has 0 bridgehead atoms. The first-order valence-electron chi connectivity index (χ1n) is 9.11. The molecule has 0 spiro atoms. The summed E-state index contributed by atoms with van der Waals surface area (Å²) < 4.78 is 18.8. The van der Waals surface area contributed by atoms with E-state index in [1.807, 2.05) is 6.08 Å². The SMILES string of the molecule is CCCC=Cc1cnc(-c2ccc(C(=O)Oc3ccc(C#N)c(F)c3)cc2)nc1. The van der Waals surface area contributed by atoms with E-state index in [4.69, 9.17) is 10.00 Å². The second kappa shape index (κ2) is 9.38. The van der Waals surface area contributed by atoms with Crippen LogP contribution in [0.5, 0.6) is 5.75 Å². The largest absolute Gasteiger partial charge is 0.423 e. The van der Waals surface area contributed by atoms with Gasteiger partial charge in [-0.1, -0.05) is 37.6 Å². The number of rotatable bonds is 6. The maximum atomic E-state index is 13.6. The van der Waals surface area contributed by atoms with Gasteiger partial charge in [0.15, 0.2) is 5.82 Å². The van der Waals surface area contributed by atoms with Gasteiger partial charge in [-0.25, -0.2) is 19.2 Å². The lowest BCUT2D eigenvalue weighted by atomic mass is 10.1. The van der Waals surface area contributed by atoms with Crippen molar-refractivity contribution in [1.82, 2.24) is 9.97 Å². The number of esters is 1. The van der Waals surface area contributed by atoms with E-state index in [0.717, 1.165) is 30.0 Å². The molecule has 1 heterocycles. The Balaban J connectivity index is 1.68. The van der Waals surface area contributed by atoms with Gasteiger partial charge in [-0.2, -0.15) is 5.26 Å². The van der Waals surface area contributed by atoms with Gasteiger partial charge in [-0.05, 0) is 30.7 Å². The van der Waals surface area contributed by atoms with Crippen LogP contribution < -0.4 is 4.74 Å². The number of hydrogen-bond acceptors (Lipinski definition) is 5. The second-order valence-corrected chi connectivity index (χ2v) is 6.25. The molecule has 0 atom stereocenters. The minimum absolute atomic E-state index is 0.0330. The molecule has 0 radical (unpaired) electrons. The number of carbonyl (C=O) groups excluding carboxylic acids is 1. The van der Waals surface area contributed by atoms with Crippen molar-refractivity contribution in [3.8, 4) is 23.2 Å². The number of benzene rings is 2. The van der Waals surface area contributed by atoms with Crippen LogP contribution in [0.25, 0.3) is 17.5 Å². The van der Waals surface area contributed by atoms with Crippen LogP contribution >= 0.6 is 0 Å². The van der Waals surface area contributed by atoms with Gasteiger partial charge in [-0.3, -0.25) is 0 Å². The summed E-state index contributed by atoms with van der Waals surface area (Å²) in [5.41, 5.74) is 1.88. The molecule has 0 unspecified atom stereocenters. The normalized spacial score (nSPS) is 10.7. The molecule has 6 heteroatoms. The summed E-state index contributed by atoms with van der Waals surface area (Å²) in [6, 6.07) is 12.0. The van der Waals surface area contributed by atoms with Gasteiger partial charge in [0.2, 0.25) is 0 Å². The first-order chi connectivity index (χ1) is 14.1.